The van der Waals surface area contributed by atoms with Crippen molar-refractivity contribution in [2.24, 2.45) is 0 Å². The second-order valence-corrected chi connectivity index (χ2v) is 4.65. The number of aromatic nitrogens is 2. The van der Waals surface area contributed by atoms with Gasteiger partial charge in [-0.15, -0.1) is 0 Å². The van der Waals surface area contributed by atoms with Crippen molar-refractivity contribution in [3.8, 4) is 0 Å². The van der Waals surface area contributed by atoms with E-state index in [1.807, 2.05) is 25.1 Å². The van der Waals surface area contributed by atoms with Gasteiger partial charge in [-0.25, -0.2) is 0 Å². The van der Waals surface area contributed by atoms with Crippen LogP contribution in [-0.4, -0.2) is 16.1 Å². The molecule has 2 N–H and O–H groups in total. The Bertz CT molecular complexity index is 544. The number of aryl methyl sites for hydroxylation is 1. The number of hydrogen-bond donors (Lipinski definition) is 2. The van der Waals surface area contributed by atoms with Crippen molar-refractivity contribution in [1.29, 1.82) is 0 Å². The second-order valence-electron chi connectivity index (χ2n) is 4.65. The van der Waals surface area contributed by atoms with Gasteiger partial charge in [-0.1, -0.05) is 19.9 Å². The first-order chi connectivity index (χ1) is 8.58. The Morgan fingerprint density at radius 2 is 2.11 bits per heavy atom. The maximum atomic E-state index is 12.0. The molecule has 0 aliphatic heterocycles. The first-order valence-electron chi connectivity index (χ1n) is 5.99. The summed E-state index contributed by atoms with van der Waals surface area (Å²) >= 11 is 0. The summed E-state index contributed by atoms with van der Waals surface area (Å²) in [4.78, 5) is 12.0. The van der Waals surface area contributed by atoms with Crippen LogP contribution in [0.15, 0.2) is 30.5 Å². The summed E-state index contributed by atoms with van der Waals surface area (Å²) in [6.45, 7) is 6.32. The number of hydrogen-bond acceptors (Lipinski definition) is 2. The molecule has 1 amide bonds. The van der Waals surface area contributed by atoms with Crippen LogP contribution in [0.4, 0.5) is 5.82 Å². The summed E-state index contributed by atoms with van der Waals surface area (Å²) in [5.41, 5.74) is 3.07. The van der Waals surface area contributed by atoms with E-state index in [0.29, 0.717) is 17.3 Å². The maximum absolute atomic E-state index is 12.0. The zero-order valence-electron chi connectivity index (χ0n) is 10.8. The number of benzene rings is 1. The Morgan fingerprint density at radius 3 is 2.67 bits per heavy atom. The molecule has 2 rings (SSSR count). The van der Waals surface area contributed by atoms with E-state index < -0.39 is 0 Å². The smallest absolute Gasteiger partial charge is 0.256 e. The first kappa shape index (κ1) is 12.4. The molecule has 0 saturated carbocycles. The van der Waals surface area contributed by atoms with E-state index in [1.165, 1.54) is 5.56 Å². The molecule has 2 aromatic rings. The number of aromatic amines is 1. The van der Waals surface area contributed by atoms with E-state index in [0.717, 1.165) is 5.56 Å². The van der Waals surface area contributed by atoms with Crippen LogP contribution in [0.25, 0.3) is 0 Å². The lowest BCUT2D eigenvalue weighted by Gasteiger charge is -2.11. The van der Waals surface area contributed by atoms with Crippen LogP contribution >= 0.6 is 0 Å². The molecule has 0 atom stereocenters. The van der Waals surface area contributed by atoms with Gasteiger partial charge < -0.3 is 5.32 Å². The van der Waals surface area contributed by atoms with Gasteiger partial charge in [0, 0.05) is 11.6 Å². The largest absolute Gasteiger partial charge is 0.307 e. The third-order valence-corrected chi connectivity index (χ3v) is 2.90. The zero-order valence-corrected chi connectivity index (χ0v) is 10.8. The zero-order chi connectivity index (χ0) is 13.1. The minimum Gasteiger partial charge on any atom is -0.307 e. The van der Waals surface area contributed by atoms with E-state index in [2.05, 4.69) is 29.4 Å². The van der Waals surface area contributed by atoms with Crippen LogP contribution in [0.2, 0.25) is 0 Å². The number of amides is 1. The molecule has 0 saturated heterocycles. The highest BCUT2D eigenvalue weighted by Gasteiger charge is 2.10. The van der Waals surface area contributed by atoms with Gasteiger partial charge >= 0.3 is 0 Å². The molecule has 0 unspecified atom stereocenters. The maximum Gasteiger partial charge on any atom is 0.256 e. The minimum absolute atomic E-state index is 0.127. The highest BCUT2D eigenvalue weighted by molar-refractivity contribution is 6.03. The van der Waals surface area contributed by atoms with Crippen LogP contribution in [0.1, 0.15) is 41.3 Å². The average molecular weight is 243 g/mol. The molecule has 18 heavy (non-hydrogen) atoms. The summed E-state index contributed by atoms with van der Waals surface area (Å²) in [6.07, 6.45) is 1.60. The molecule has 0 aliphatic rings. The van der Waals surface area contributed by atoms with E-state index in [-0.39, 0.29) is 5.91 Å². The summed E-state index contributed by atoms with van der Waals surface area (Å²) in [6, 6.07) is 7.50. The third-order valence-electron chi connectivity index (χ3n) is 2.90. The van der Waals surface area contributed by atoms with Crippen molar-refractivity contribution in [3.63, 3.8) is 0 Å². The van der Waals surface area contributed by atoms with E-state index in [1.54, 1.807) is 12.3 Å². The average Bonchev–Trinajstić information content (AvgIpc) is 2.81. The van der Waals surface area contributed by atoms with Crippen molar-refractivity contribution in [3.05, 3.63) is 47.2 Å². The SMILES string of the molecule is Cc1cc(C(=O)Nc2ccn[nH]2)ccc1C(C)C. The van der Waals surface area contributed by atoms with E-state index in [9.17, 15) is 4.79 Å². The number of nitrogens with one attached hydrogen (secondary N) is 2. The minimum atomic E-state index is -0.127. The lowest BCUT2D eigenvalue weighted by molar-refractivity contribution is 0.102. The highest BCUT2D eigenvalue weighted by Crippen LogP contribution is 2.20. The second kappa shape index (κ2) is 5.04. The lowest BCUT2D eigenvalue weighted by Crippen LogP contribution is -2.12. The predicted octanol–water partition coefficient (Wildman–Crippen LogP) is 3.09. The number of carbonyl (C=O) groups is 1. The predicted molar refractivity (Wildman–Crippen MR) is 71.8 cm³/mol. The molecule has 0 radical (unpaired) electrons. The molecule has 0 bridgehead atoms. The fraction of sp³-hybridized carbons (Fsp3) is 0.286. The van der Waals surface area contributed by atoms with Gasteiger partial charge in [0.1, 0.15) is 5.82 Å². The first-order valence-corrected chi connectivity index (χ1v) is 5.99. The van der Waals surface area contributed by atoms with Crippen LogP contribution in [-0.2, 0) is 0 Å². The summed E-state index contributed by atoms with van der Waals surface area (Å²) < 4.78 is 0. The summed E-state index contributed by atoms with van der Waals surface area (Å²) in [7, 11) is 0. The van der Waals surface area contributed by atoms with Crippen LogP contribution in [0.3, 0.4) is 0 Å². The molecule has 94 valence electrons. The number of nitrogens with zero attached hydrogens (tertiary/aromatic N) is 1. The fourth-order valence-electron chi connectivity index (χ4n) is 1.98. The topological polar surface area (TPSA) is 57.8 Å². The Labute approximate surface area is 106 Å². The molecule has 1 aromatic carbocycles. The Morgan fingerprint density at radius 1 is 1.33 bits per heavy atom. The van der Waals surface area contributed by atoms with E-state index >= 15 is 0 Å². The van der Waals surface area contributed by atoms with Crippen LogP contribution in [0.5, 0.6) is 0 Å². The Balaban J connectivity index is 2.19. The van der Waals surface area contributed by atoms with Crippen molar-refractivity contribution >= 4 is 11.7 Å². The fourth-order valence-corrected chi connectivity index (χ4v) is 1.98. The van der Waals surface area contributed by atoms with Gasteiger partial charge in [-0.05, 0) is 36.1 Å². The molecule has 0 fully saturated rings. The summed E-state index contributed by atoms with van der Waals surface area (Å²) in [5, 5.41) is 9.24. The molecule has 1 aromatic heterocycles. The molecule has 4 nitrogen and oxygen atoms in total. The number of carbonyl (C=O) groups excluding carboxylic acids is 1. The van der Waals surface area contributed by atoms with Crippen molar-refractivity contribution in [2.45, 2.75) is 26.7 Å². The number of H-pyrrole nitrogens is 1. The van der Waals surface area contributed by atoms with E-state index in [4.69, 9.17) is 0 Å². The van der Waals surface area contributed by atoms with Crippen molar-refractivity contribution in [1.82, 2.24) is 10.2 Å². The van der Waals surface area contributed by atoms with Gasteiger partial charge in [0.15, 0.2) is 0 Å². The van der Waals surface area contributed by atoms with Gasteiger partial charge in [-0.3, -0.25) is 9.89 Å². The molecule has 4 heteroatoms. The van der Waals surface area contributed by atoms with Crippen LogP contribution < -0.4 is 5.32 Å². The van der Waals surface area contributed by atoms with Gasteiger partial charge in [0.05, 0.1) is 6.20 Å². The molecular formula is C14H17N3O. The normalized spacial score (nSPS) is 10.7. The van der Waals surface area contributed by atoms with Gasteiger partial charge in [-0.2, -0.15) is 5.10 Å². The van der Waals surface area contributed by atoms with Crippen LogP contribution in [0, 0.1) is 6.92 Å². The number of anilines is 1. The van der Waals surface area contributed by atoms with Crippen molar-refractivity contribution < 1.29 is 4.79 Å². The highest BCUT2D eigenvalue weighted by atomic mass is 16.1. The molecular weight excluding hydrogens is 226 g/mol. The standard InChI is InChI=1S/C14H17N3O/c1-9(2)12-5-4-11(8-10(12)3)14(18)16-13-6-7-15-17-13/h4-9H,1-3H3,(H2,15,16,17,18). The van der Waals surface area contributed by atoms with Crippen molar-refractivity contribution in [2.75, 3.05) is 5.32 Å². The van der Waals surface area contributed by atoms with Gasteiger partial charge in [0.2, 0.25) is 0 Å². The quantitative estimate of drug-likeness (QED) is 0.870. The Hall–Kier alpha value is -2.10. The lowest BCUT2D eigenvalue weighted by atomic mass is 9.96. The molecule has 0 spiro atoms. The third kappa shape index (κ3) is 2.59. The molecule has 0 aliphatic carbocycles. The summed E-state index contributed by atoms with van der Waals surface area (Å²) in [5.74, 6) is 0.943. The monoisotopic (exact) mass is 243 g/mol. The Kier molecular flexibility index (Phi) is 3.46. The number of rotatable bonds is 3. The molecule has 1 heterocycles. The van der Waals surface area contributed by atoms with Gasteiger partial charge in [0.25, 0.3) is 5.91 Å².